The topological polar surface area (TPSA) is 58.6 Å². The third-order valence-corrected chi connectivity index (χ3v) is 2.74. The van der Waals surface area contributed by atoms with E-state index in [0.717, 1.165) is 5.56 Å². The second kappa shape index (κ2) is 6.40. The van der Waals surface area contributed by atoms with E-state index in [2.05, 4.69) is 5.32 Å². The minimum atomic E-state index is -0.423. The Morgan fingerprint density at radius 1 is 1.44 bits per heavy atom. The van der Waals surface area contributed by atoms with Crippen molar-refractivity contribution < 1.29 is 14.6 Å². The number of benzene rings is 1. The van der Waals surface area contributed by atoms with Gasteiger partial charge in [-0.05, 0) is 44.9 Å². The number of methoxy groups -OCH3 is 1. The SMILES string of the molecule is COc1cc(C(=O)NC(C)CC(C)O)ccc1C. The van der Waals surface area contributed by atoms with Gasteiger partial charge in [-0.25, -0.2) is 0 Å². The van der Waals surface area contributed by atoms with Crippen molar-refractivity contribution in [1.29, 1.82) is 0 Å². The summed E-state index contributed by atoms with van der Waals surface area (Å²) in [5.41, 5.74) is 1.56. The number of aryl methyl sites for hydroxylation is 1. The van der Waals surface area contributed by atoms with E-state index in [-0.39, 0.29) is 11.9 Å². The van der Waals surface area contributed by atoms with E-state index in [1.807, 2.05) is 19.9 Å². The summed E-state index contributed by atoms with van der Waals surface area (Å²) in [4.78, 5) is 12.0. The summed E-state index contributed by atoms with van der Waals surface area (Å²) >= 11 is 0. The lowest BCUT2D eigenvalue weighted by molar-refractivity contribution is 0.0922. The van der Waals surface area contributed by atoms with Gasteiger partial charge in [-0.2, -0.15) is 0 Å². The van der Waals surface area contributed by atoms with Crippen molar-refractivity contribution in [3.63, 3.8) is 0 Å². The molecule has 4 nitrogen and oxygen atoms in total. The molecular weight excluding hydrogens is 230 g/mol. The zero-order chi connectivity index (χ0) is 13.7. The van der Waals surface area contributed by atoms with Crippen LogP contribution in [0.15, 0.2) is 18.2 Å². The Balaban J connectivity index is 2.72. The molecule has 0 radical (unpaired) electrons. The van der Waals surface area contributed by atoms with Crippen LogP contribution in [-0.2, 0) is 0 Å². The van der Waals surface area contributed by atoms with E-state index < -0.39 is 6.10 Å². The van der Waals surface area contributed by atoms with E-state index in [1.54, 1.807) is 26.2 Å². The number of aliphatic hydroxyl groups excluding tert-OH is 1. The fourth-order valence-electron chi connectivity index (χ4n) is 1.84. The predicted octanol–water partition coefficient (Wildman–Crippen LogP) is 1.89. The lowest BCUT2D eigenvalue weighted by Gasteiger charge is -2.16. The summed E-state index contributed by atoms with van der Waals surface area (Å²) in [6, 6.07) is 5.28. The quantitative estimate of drug-likeness (QED) is 0.840. The first-order valence-electron chi connectivity index (χ1n) is 6.07. The van der Waals surface area contributed by atoms with Gasteiger partial charge in [0.15, 0.2) is 0 Å². The molecule has 0 aliphatic rings. The summed E-state index contributed by atoms with van der Waals surface area (Å²) in [6.07, 6.45) is 0.113. The van der Waals surface area contributed by atoms with Gasteiger partial charge in [0, 0.05) is 11.6 Å². The van der Waals surface area contributed by atoms with E-state index >= 15 is 0 Å². The molecule has 2 unspecified atom stereocenters. The van der Waals surface area contributed by atoms with Crippen LogP contribution in [0, 0.1) is 6.92 Å². The fraction of sp³-hybridized carbons (Fsp3) is 0.500. The number of carbonyl (C=O) groups excluding carboxylic acids is 1. The maximum atomic E-state index is 12.0. The number of hydrogen-bond acceptors (Lipinski definition) is 3. The molecule has 0 fully saturated rings. The highest BCUT2D eigenvalue weighted by atomic mass is 16.5. The number of ether oxygens (including phenoxy) is 1. The molecule has 0 bridgehead atoms. The van der Waals surface area contributed by atoms with E-state index in [4.69, 9.17) is 4.74 Å². The van der Waals surface area contributed by atoms with Gasteiger partial charge in [0.25, 0.3) is 5.91 Å². The van der Waals surface area contributed by atoms with Crippen LogP contribution in [-0.4, -0.2) is 30.3 Å². The monoisotopic (exact) mass is 251 g/mol. The molecule has 0 saturated carbocycles. The van der Waals surface area contributed by atoms with E-state index in [9.17, 15) is 9.90 Å². The summed E-state index contributed by atoms with van der Waals surface area (Å²) in [6.45, 7) is 5.50. The standard InChI is InChI=1S/C14H21NO3/c1-9-5-6-12(8-13(9)18-4)14(17)15-10(2)7-11(3)16/h5-6,8,10-11,16H,7H2,1-4H3,(H,15,17). The zero-order valence-corrected chi connectivity index (χ0v) is 11.4. The number of rotatable bonds is 5. The molecule has 1 aromatic rings. The molecule has 1 aromatic carbocycles. The van der Waals surface area contributed by atoms with Gasteiger partial charge in [0.2, 0.25) is 0 Å². The van der Waals surface area contributed by atoms with Crippen LogP contribution in [0.4, 0.5) is 0 Å². The smallest absolute Gasteiger partial charge is 0.251 e. The average Bonchev–Trinajstić information content (AvgIpc) is 2.28. The lowest BCUT2D eigenvalue weighted by atomic mass is 10.1. The molecule has 0 heterocycles. The Labute approximate surface area is 108 Å². The van der Waals surface area contributed by atoms with Gasteiger partial charge in [0.1, 0.15) is 5.75 Å². The summed E-state index contributed by atoms with van der Waals surface area (Å²) in [5, 5.41) is 12.1. The van der Waals surface area contributed by atoms with Crippen molar-refractivity contribution in [2.45, 2.75) is 39.3 Å². The molecule has 0 aliphatic heterocycles. The van der Waals surface area contributed by atoms with Crippen molar-refractivity contribution in [3.8, 4) is 5.75 Å². The number of hydrogen-bond donors (Lipinski definition) is 2. The van der Waals surface area contributed by atoms with Crippen LogP contribution < -0.4 is 10.1 Å². The Morgan fingerprint density at radius 3 is 2.67 bits per heavy atom. The van der Waals surface area contributed by atoms with Crippen molar-refractivity contribution in [1.82, 2.24) is 5.32 Å². The third kappa shape index (κ3) is 4.04. The zero-order valence-electron chi connectivity index (χ0n) is 11.4. The van der Waals surface area contributed by atoms with Crippen LogP contribution in [0.3, 0.4) is 0 Å². The number of nitrogens with one attached hydrogen (secondary N) is 1. The molecule has 1 rings (SSSR count). The van der Waals surface area contributed by atoms with Crippen molar-refractivity contribution in [2.75, 3.05) is 7.11 Å². The third-order valence-electron chi connectivity index (χ3n) is 2.74. The second-order valence-electron chi connectivity index (χ2n) is 4.64. The molecular formula is C14H21NO3. The first-order chi connectivity index (χ1) is 8.43. The number of carbonyl (C=O) groups is 1. The predicted molar refractivity (Wildman–Crippen MR) is 71.0 cm³/mol. The van der Waals surface area contributed by atoms with Crippen LogP contribution in [0.2, 0.25) is 0 Å². The lowest BCUT2D eigenvalue weighted by Crippen LogP contribution is -2.34. The van der Waals surface area contributed by atoms with E-state index in [1.165, 1.54) is 0 Å². The first-order valence-corrected chi connectivity index (χ1v) is 6.07. The van der Waals surface area contributed by atoms with Crippen molar-refractivity contribution >= 4 is 5.91 Å². The summed E-state index contributed by atoms with van der Waals surface area (Å²) < 4.78 is 5.19. The minimum Gasteiger partial charge on any atom is -0.496 e. The van der Waals surface area contributed by atoms with Gasteiger partial charge < -0.3 is 15.2 Å². The maximum absolute atomic E-state index is 12.0. The minimum absolute atomic E-state index is 0.0650. The van der Waals surface area contributed by atoms with Crippen LogP contribution >= 0.6 is 0 Å². The Kier molecular flexibility index (Phi) is 5.16. The maximum Gasteiger partial charge on any atom is 0.251 e. The molecule has 0 saturated heterocycles. The van der Waals surface area contributed by atoms with Crippen LogP contribution in [0.1, 0.15) is 36.2 Å². The first kappa shape index (κ1) is 14.5. The summed E-state index contributed by atoms with van der Waals surface area (Å²) in [7, 11) is 1.58. The van der Waals surface area contributed by atoms with Gasteiger partial charge >= 0.3 is 0 Å². The molecule has 2 N–H and O–H groups in total. The van der Waals surface area contributed by atoms with Gasteiger partial charge in [0.05, 0.1) is 13.2 Å². The van der Waals surface area contributed by atoms with Crippen molar-refractivity contribution in [3.05, 3.63) is 29.3 Å². The molecule has 0 aromatic heterocycles. The van der Waals surface area contributed by atoms with E-state index in [0.29, 0.717) is 17.7 Å². The van der Waals surface area contributed by atoms with Crippen molar-refractivity contribution in [2.24, 2.45) is 0 Å². The molecule has 1 amide bonds. The number of amides is 1. The molecule has 0 aliphatic carbocycles. The van der Waals surface area contributed by atoms with Crippen LogP contribution in [0.5, 0.6) is 5.75 Å². The highest BCUT2D eigenvalue weighted by Crippen LogP contribution is 2.19. The molecule has 2 atom stereocenters. The molecule has 4 heteroatoms. The fourth-order valence-corrected chi connectivity index (χ4v) is 1.84. The Hall–Kier alpha value is -1.55. The molecule has 0 spiro atoms. The van der Waals surface area contributed by atoms with Gasteiger partial charge in [-0.1, -0.05) is 6.07 Å². The van der Waals surface area contributed by atoms with Gasteiger partial charge in [-0.3, -0.25) is 4.79 Å². The van der Waals surface area contributed by atoms with Gasteiger partial charge in [-0.15, -0.1) is 0 Å². The second-order valence-corrected chi connectivity index (χ2v) is 4.64. The largest absolute Gasteiger partial charge is 0.496 e. The number of aliphatic hydroxyl groups is 1. The molecule has 18 heavy (non-hydrogen) atoms. The summed E-state index contributed by atoms with van der Waals surface area (Å²) in [5.74, 6) is 0.548. The average molecular weight is 251 g/mol. The Morgan fingerprint density at radius 2 is 2.11 bits per heavy atom. The highest BCUT2D eigenvalue weighted by molar-refractivity contribution is 5.94. The molecule has 100 valence electrons. The normalized spacial score (nSPS) is 13.8. The Bertz CT molecular complexity index is 416. The highest BCUT2D eigenvalue weighted by Gasteiger charge is 2.12. The van der Waals surface area contributed by atoms with Crippen LogP contribution in [0.25, 0.3) is 0 Å².